The van der Waals surface area contributed by atoms with Gasteiger partial charge in [-0.1, -0.05) is 38.1 Å². The highest BCUT2D eigenvalue weighted by Crippen LogP contribution is 2.18. The molecule has 1 atom stereocenters. The van der Waals surface area contributed by atoms with E-state index in [0.717, 1.165) is 0 Å². The second-order valence-electron chi connectivity index (χ2n) is 6.69. The normalized spacial score (nSPS) is 11.5. The maximum atomic E-state index is 12.6. The molecule has 0 spiro atoms. The molecule has 0 aliphatic heterocycles. The fourth-order valence-electron chi connectivity index (χ4n) is 2.65. The number of carbonyl (C=O) groups is 3. The minimum atomic E-state index is -0.818. The highest BCUT2D eigenvalue weighted by Gasteiger charge is 2.27. The van der Waals surface area contributed by atoms with Gasteiger partial charge in [0.1, 0.15) is 18.4 Å². The van der Waals surface area contributed by atoms with Crippen LogP contribution < -0.4 is 10.1 Å². The number of rotatable bonds is 8. The Hall–Kier alpha value is -3.35. The number of hydrogen-bond donors (Lipinski definition) is 1. The first kappa shape index (κ1) is 21.9. The first-order valence-corrected chi connectivity index (χ1v) is 9.15. The highest BCUT2D eigenvalue weighted by atomic mass is 16.5. The summed E-state index contributed by atoms with van der Waals surface area (Å²) >= 11 is 0. The fraction of sp³-hybridized carbons (Fsp3) is 0.318. The topological polar surface area (TPSA) is 90.9 Å². The second kappa shape index (κ2) is 10.3. The summed E-state index contributed by atoms with van der Waals surface area (Å²) in [6.45, 7) is 3.66. The van der Waals surface area contributed by atoms with Gasteiger partial charge in [-0.2, -0.15) is 0 Å². The number of para-hydroxylation sites is 1. The lowest BCUT2D eigenvalue weighted by Gasteiger charge is -2.21. The number of carbonyl (C=O) groups excluding carboxylic acids is 3. The van der Waals surface area contributed by atoms with Crippen LogP contribution in [0.1, 0.15) is 40.1 Å². The Morgan fingerprint density at radius 3 is 2.21 bits per heavy atom. The van der Waals surface area contributed by atoms with Gasteiger partial charge in [0.25, 0.3) is 5.91 Å². The summed E-state index contributed by atoms with van der Waals surface area (Å²) in [5, 5.41) is 2.72. The van der Waals surface area contributed by atoms with Crippen LogP contribution in [-0.2, 0) is 20.9 Å². The van der Waals surface area contributed by atoms with Gasteiger partial charge in [-0.25, -0.2) is 9.59 Å². The highest BCUT2D eigenvalue weighted by molar-refractivity contribution is 5.99. The molecule has 0 heterocycles. The quantitative estimate of drug-likeness (QED) is 0.687. The van der Waals surface area contributed by atoms with Gasteiger partial charge in [-0.15, -0.1) is 0 Å². The zero-order chi connectivity index (χ0) is 21.4. The van der Waals surface area contributed by atoms with E-state index in [-0.39, 0.29) is 12.5 Å². The smallest absolute Gasteiger partial charge is 0.337 e. The SMILES string of the molecule is COC(=O)c1ccc(COC(=O)[C@@H](NC(=O)c2ccccc2OC)C(C)C)cc1. The van der Waals surface area contributed by atoms with E-state index in [2.05, 4.69) is 10.1 Å². The molecular weight excluding hydrogens is 374 g/mol. The molecule has 0 saturated heterocycles. The standard InChI is InChI=1S/C22H25NO6/c1-14(2)19(23-20(24)17-7-5-6-8-18(17)27-3)22(26)29-13-15-9-11-16(12-10-15)21(25)28-4/h5-12,14,19H,13H2,1-4H3,(H,23,24)/t19-/m0/s1. The molecule has 29 heavy (non-hydrogen) atoms. The molecule has 0 aromatic heterocycles. The Kier molecular flexibility index (Phi) is 7.77. The van der Waals surface area contributed by atoms with E-state index in [1.165, 1.54) is 14.2 Å². The lowest BCUT2D eigenvalue weighted by atomic mass is 10.0. The van der Waals surface area contributed by atoms with Crippen molar-refractivity contribution in [3.8, 4) is 5.75 Å². The Morgan fingerprint density at radius 2 is 1.62 bits per heavy atom. The van der Waals surface area contributed by atoms with Gasteiger partial charge in [-0.3, -0.25) is 4.79 Å². The number of ether oxygens (including phenoxy) is 3. The fourth-order valence-corrected chi connectivity index (χ4v) is 2.65. The summed E-state index contributed by atoms with van der Waals surface area (Å²) in [6, 6.07) is 12.5. The third-order valence-corrected chi connectivity index (χ3v) is 4.31. The number of methoxy groups -OCH3 is 2. The van der Waals surface area contributed by atoms with Crippen molar-refractivity contribution in [3.63, 3.8) is 0 Å². The van der Waals surface area contributed by atoms with Gasteiger partial charge >= 0.3 is 11.9 Å². The lowest BCUT2D eigenvalue weighted by Crippen LogP contribution is -2.45. The molecule has 0 fully saturated rings. The molecule has 0 radical (unpaired) electrons. The van der Waals surface area contributed by atoms with Crippen molar-refractivity contribution in [2.75, 3.05) is 14.2 Å². The second-order valence-corrected chi connectivity index (χ2v) is 6.69. The third-order valence-electron chi connectivity index (χ3n) is 4.31. The van der Waals surface area contributed by atoms with E-state index in [1.807, 2.05) is 13.8 Å². The molecule has 154 valence electrons. The van der Waals surface area contributed by atoms with Crippen molar-refractivity contribution < 1.29 is 28.6 Å². The van der Waals surface area contributed by atoms with Crippen molar-refractivity contribution in [2.45, 2.75) is 26.5 Å². The number of benzene rings is 2. The molecule has 2 rings (SSSR count). The van der Waals surface area contributed by atoms with Gasteiger partial charge in [-0.05, 0) is 35.7 Å². The van der Waals surface area contributed by atoms with Crippen LogP contribution in [0.25, 0.3) is 0 Å². The predicted molar refractivity (Wildman–Crippen MR) is 107 cm³/mol. The van der Waals surface area contributed by atoms with Crippen LogP contribution in [0, 0.1) is 5.92 Å². The molecule has 1 amide bonds. The van der Waals surface area contributed by atoms with Gasteiger partial charge in [0.05, 0.1) is 25.3 Å². The minimum absolute atomic E-state index is 0.0219. The first-order valence-electron chi connectivity index (χ1n) is 9.15. The van der Waals surface area contributed by atoms with Crippen molar-refractivity contribution >= 4 is 17.8 Å². The number of esters is 2. The number of hydrogen-bond acceptors (Lipinski definition) is 6. The average Bonchev–Trinajstić information content (AvgIpc) is 2.75. The van der Waals surface area contributed by atoms with Gasteiger partial charge in [0, 0.05) is 0 Å². The van der Waals surface area contributed by atoms with Crippen LogP contribution in [0.3, 0.4) is 0 Å². The average molecular weight is 399 g/mol. The molecule has 0 aliphatic carbocycles. The predicted octanol–water partition coefficient (Wildman–Crippen LogP) is 2.98. The molecule has 0 aliphatic rings. The maximum Gasteiger partial charge on any atom is 0.337 e. The van der Waals surface area contributed by atoms with Crippen LogP contribution in [0.5, 0.6) is 5.75 Å². The van der Waals surface area contributed by atoms with Gasteiger partial charge in [0.2, 0.25) is 0 Å². The molecule has 7 heteroatoms. The Morgan fingerprint density at radius 1 is 0.966 bits per heavy atom. The van der Waals surface area contributed by atoms with Crippen LogP contribution in [0.4, 0.5) is 0 Å². The molecule has 0 bridgehead atoms. The van der Waals surface area contributed by atoms with E-state index in [4.69, 9.17) is 9.47 Å². The summed E-state index contributed by atoms with van der Waals surface area (Å²) in [7, 11) is 2.79. The minimum Gasteiger partial charge on any atom is -0.496 e. The zero-order valence-electron chi connectivity index (χ0n) is 16.9. The summed E-state index contributed by atoms with van der Waals surface area (Å²) in [4.78, 5) is 36.6. The Bertz CT molecular complexity index is 860. The van der Waals surface area contributed by atoms with E-state index >= 15 is 0 Å². The summed E-state index contributed by atoms with van der Waals surface area (Å²) in [5.41, 5.74) is 1.46. The summed E-state index contributed by atoms with van der Waals surface area (Å²) < 4.78 is 15.2. The van der Waals surface area contributed by atoms with Crippen molar-refractivity contribution in [1.82, 2.24) is 5.32 Å². The Labute approximate surface area is 170 Å². The monoisotopic (exact) mass is 399 g/mol. The van der Waals surface area contributed by atoms with Gasteiger partial charge in [0.15, 0.2) is 0 Å². The van der Waals surface area contributed by atoms with Crippen LogP contribution in [-0.4, -0.2) is 38.1 Å². The van der Waals surface area contributed by atoms with Crippen molar-refractivity contribution in [2.24, 2.45) is 5.92 Å². The molecule has 1 N–H and O–H groups in total. The zero-order valence-corrected chi connectivity index (χ0v) is 16.9. The number of nitrogens with one attached hydrogen (secondary N) is 1. The molecule has 0 unspecified atom stereocenters. The summed E-state index contributed by atoms with van der Waals surface area (Å²) in [6.07, 6.45) is 0. The van der Waals surface area contributed by atoms with Crippen molar-refractivity contribution in [3.05, 3.63) is 65.2 Å². The van der Waals surface area contributed by atoms with E-state index in [0.29, 0.717) is 22.4 Å². The van der Waals surface area contributed by atoms with Gasteiger partial charge < -0.3 is 19.5 Å². The lowest BCUT2D eigenvalue weighted by molar-refractivity contribution is -0.148. The van der Waals surface area contributed by atoms with E-state index in [1.54, 1.807) is 48.5 Å². The molecule has 2 aromatic rings. The number of amides is 1. The largest absolute Gasteiger partial charge is 0.496 e. The molecule has 0 saturated carbocycles. The molecule has 2 aromatic carbocycles. The third kappa shape index (κ3) is 5.81. The molecule has 7 nitrogen and oxygen atoms in total. The maximum absolute atomic E-state index is 12.6. The van der Waals surface area contributed by atoms with Crippen molar-refractivity contribution in [1.29, 1.82) is 0 Å². The van der Waals surface area contributed by atoms with E-state index in [9.17, 15) is 14.4 Å². The summed E-state index contributed by atoms with van der Waals surface area (Å²) in [5.74, 6) is -1.15. The van der Waals surface area contributed by atoms with Crippen LogP contribution in [0.2, 0.25) is 0 Å². The van der Waals surface area contributed by atoms with Crippen LogP contribution >= 0.6 is 0 Å². The van der Waals surface area contributed by atoms with E-state index < -0.39 is 23.9 Å². The molecular formula is C22H25NO6. The first-order chi connectivity index (χ1) is 13.9. The Balaban J connectivity index is 2.02. The van der Waals surface area contributed by atoms with Crippen LogP contribution in [0.15, 0.2) is 48.5 Å².